The second-order valence-electron chi connectivity index (χ2n) is 17.0. The summed E-state index contributed by atoms with van der Waals surface area (Å²) in [7, 11) is 0. The molecule has 3 heterocycles. The highest BCUT2D eigenvalue weighted by molar-refractivity contribution is 6.14. The summed E-state index contributed by atoms with van der Waals surface area (Å²) in [6.07, 6.45) is 6.89. The van der Waals surface area contributed by atoms with E-state index in [0.717, 1.165) is 46.4 Å². The molecule has 0 bridgehead atoms. The molecule has 0 N–H and O–H groups in total. The minimum atomic E-state index is -0.0782. The number of aryl methyl sites for hydroxylation is 1. The highest BCUT2D eigenvalue weighted by Gasteiger charge is 2.38. The van der Waals surface area contributed by atoms with Crippen LogP contribution in [0.1, 0.15) is 43.4 Å². The summed E-state index contributed by atoms with van der Waals surface area (Å²) >= 11 is 0. The van der Waals surface area contributed by atoms with Crippen molar-refractivity contribution in [3.05, 3.63) is 198 Å². The van der Waals surface area contributed by atoms with Gasteiger partial charge in [-0.2, -0.15) is 0 Å². The van der Waals surface area contributed by atoms with Crippen LogP contribution in [0.2, 0.25) is 0 Å². The van der Waals surface area contributed by atoms with Crippen molar-refractivity contribution in [2.24, 2.45) is 0 Å². The van der Waals surface area contributed by atoms with Crippen LogP contribution in [0.5, 0.6) is 0 Å². The largest absolute Gasteiger partial charge is 0.309 e. The summed E-state index contributed by atoms with van der Waals surface area (Å²) in [6, 6.07) is 59.5. The molecular formula is C56H42N4. The molecule has 0 spiro atoms. The first kappa shape index (κ1) is 34.7. The molecule has 7 aromatic carbocycles. The van der Waals surface area contributed by atoms with E-state index >= 15 is 0 Å². The van der Waals surface area contributed by atoms with Gasteiger partial charge in [0.1, 0.15) is 0 Å². The molecule has 0 atom stereocenters. The van der Waals surface area contributed by atoms with E-state index in [-0.39, 0.29) is 5.41 Å². The minimum absolute atomic E-state index is 0.0782. The van der Waals surface area contributed by atoms with Crippen molar-refractivity contribution in [2.75, 3.05) is 0 Å². The fourth-order valence-electron chi connectivity index (χ4n) is 10.1. The van der Waals surface area contributed by atoms with Crippen molar-refractivity contribution in [3.63, 3.8) is 0 Å². The first-order chi connectivity index (χ1) is 29.4. The van der Waals surface area contributed by atoms with E-state index < -0.39 is 0 Å². The fraction of sp³-hybridized carbons (Fsp3) is 0.107. The molecule has 4 nitrogen and oxygen atoms in total. The highest BCUT2D eigenvalue weighted by Crippen LogP contribution is 2.52. The molecule has 0 saturated carbocycles. The van der Waals surface area contributed by atoms with E-state index in [1.807, 2.05) is 0 Å². The molecule has 60 heavy (non-hydrogen) atoms. The Labute approximate surface area is 349 Å². The number of fused-ring (bicyclic) bond motifs is 8. The van der Waals surface area contributed by atoms with E-state index in [9.17, 15) is 0 Å². The number of nitrogens with zero attached hydrogens (tertiary/aromatic N) is 4. The van der Waals surface area contributed by atoms with Crippen molar-refractivity contribution in [2.45, 2.75) is 39.0 Å². The molecule has 10 aromatic rings. The van der Waals surface area contributed by atoms with Crippen LogP contribution in [-0.4, -0.2) is 19.1 Å². The molecule has 3 aromatic heterocycles. The summed E-state index contributed by atoms with van der Waals surface area (Å²) in [5, 5.41) is 4.89. The molecule has 12 rings (SSSR count). The van der Waals surface area contributed by atoms with Gasteiger partial charge >= 0.3 is 0 Å². The zero-order chi connectivity index (χ0) is 40.1. The van der Waals surface area contributed by atoms with E-state index in [1.165, 1.54) is 77.2 Å². The van der Waals surface area contributed by atoms with Crippen molar-refractivity contribution in [1.29, 1.82) is 0 Å². The molecule has 0 amide bonds. The summed E-state index contributed by atoms with van der Waals surface area (Å²) in [5.74, 6) is 0.668. The molecule has 4 heteroatoms. The average molecular weight is 771 g/mol. The van der Waals surface area contributed by atoms with Crippen LogP contribution in [0.15, 0.2) is 182 Å². The van der Waals surface area contributed by atoms with E-state index in [1.54, 1.807) is 0 Å². The molecule has 0 radical (unpaired) electrons. The van der Waals surface area contributed by atoms with Crippen LogP contribution >= 0.6 is 0 Å². The maximum Gasteiger partial charge on any atom is 0.235 e. The lowest BCUT2D eigenvalue weighted by Crippen LogP contribution is -2.17. The Bertz CT molecular complexity index is 3380. The van der Waals surface area contributed by atoms with Gasteiger partial charge in [-0.3, -0.25) is 4.57 Å². The SMILES string of the molecule is Cc1ccc(-n2c3ccccc3c3cc(-c4ccc5c(c4)c4cc6c(cc4n5-c4nc(-c5ccccc5)cc(-c5ccccc5)n4)C(C)(C)C4=C6C=CCC4)ccc32)cc1. The quantitative estimate of drug-likeness (QED) is 0.175. The number of benzene rings is 7. The normalized spacial score (nSPS) is 14.4. The third kappa shape index (κ3) is 5.23. The number of hydrogen-bond acceptors (Lipinski definition) is 2. The summed E-state index contributed by atoms with van der Waals surface area (Å²) < 4.78 is 4.71. The second kappa shape index (κ2) is 13.1. The second-order valence-corrected chi connectivity index (χ2v) is 17.0. The number of allylic oxidation sites excluding steroid dienone is 4. The van der Waals surface area contributed by atoms with Gasteiger partial charge in [-0.25, -0.2) is 9.97 Å². The van der Waals surface area contributed by atoms with Crippen molar-refractivity contribution in [3.8, 4) is 45.3 Å². The van der Waals surface area contributed by atoms with Gasteiger partial charge in [-0.15, -0.1) is 0 Å². The third-order valence-electron chi connectivity index (χ3n) is 13.1. The van der Waals surface area contributed by atoms with Gasteiger partial charge < -0.3 is 4.57 Å². The van der Waals surface area contributed by atoms with Gasteiger partial charge in [0.2, 0.25) is 5.95 Å². The molecule has 2 aliphatic carbocycles. The van der Waals surface area contributed by atoms with Gasteiger partial charge in [0, 0.05) is 43.8 Å². The van der Waals surface area contributed by atoms with Crippen LogP contribution in [0.3, 0.4) is 0 Å². The minimum Gasteiger partial charge on any atom is -0.309 e. The van der Waals surface area contributed by atoms with Gasteiger partial charge in [-0.1, -0.05) is 140 Å². The summed E-state index contributed by atoms with van der Waals surface area (Å²) in [6.45, 7) is 6.94. The Morgan fingerprint density at radius 1 is 0.500 bits per heavy atom. The lowest BCUT2D eigenvalue weighted by Gasteiger charge is -2.25. The molecule has 0 fully saturated rings. The molecule has 2 aliphatic rings. The van der Waals surface area contributed by atoms with Crippen molar-refractivity contribution < 1.29 is 0 Å². The third-order valence-corrected chi connectivity index (χ3v) is 13.1. The molecule has 0 unspecified atom stereocenters. The van der Waals surface area contributed by atoms with Crippen LogP contribution < -0.4 is 0 Å². The Hall–Kier alpha value is -7.30. The van der Waals surface area contributed by atoms with E-state index in [2.05, 4.69) is 206 Å². The first-order valence-corrected chi connectivity index (χ1v) is 21.0. The lowest BCUT2D eigenvalue weighted by molar-refractivity contribution is 0.608. The van der Waals surface area contributed by atoms with Crippen molar-refractivity contribution in [1.82, 2.24) is 19.1 Å². The first-order valence-electron chi connectivity index (χ1n) is 21.0. The Balaban J connectivity index is 1.11. The van der Waals surface area contributed by atoms with Gasteiger partial charge in [-0.05, 0) is 108 Å². The number of rotatable bonds is 5. The van der Waals surface area contributed by atoms with Gasteiger partial charge in [0.15, 0.2) is 0 Å². The number of hydrogen-bond donors (Lipinski definition) is 0. The van der Waals surface area contributed by atoms with E-state index in [0.29, 0.717) is 5.95 Å². The maximum atomic E-state index is 5.38. The molecular weight excluding hydrogens is 729 g/mol. The van der Waals surface area contributed by atoms with Crippen LogP contribution in [0, 0.1) is 6.92 Å². The van der Waals surface area contributed by atoms with Crippen LogP contribution in [-0.2, 0) is 5.41 Å². The number of aromatic nitrogens is 4. The van der Waals surface area contributed by atoms with Gasteiger partial charge in [0.05, 0.1) is 33.5 Å². The van der Waals surface area contributed by atoms with Crippen LogP contribution in [0.4, 0.5) is 0 Å². The van der Waals surface area contributed by atoms with E-state index in [4.69, 9.17) is 9.97 Å². The van der Waals surface area contributed by atoms with Gasteiger partial charge in [0.25, 0.3) is 0 Å². The Kier molecular flexibility index (Phi) is 7.58. The standard InChI is InChI=1S/C56H42N4/c1-35-22-26-40(27-23-35)59-51-21-13-11-19-42(51)44-30-38(24-28-52(44)59)39-25-29-53-45(31-39)46-32-43-41-18-10-12-20-47(41)56(2,3)48(43)33-54(46)60(53)55-57-49(36-14-6-4-7-15-36)34-50(58-55)37-16-8-5-9-17-37/h4-11,13-19,21-34H,12,20H2,1-3H3. The maximum absolute atomic E-state index is 5.38. The predicted molar refractivity (Wildman–Crippen MR) is 250 cm³/mol. The predicted octanol–water partition coefficient (Wildman–Crippen LogP) is 14.4. The zero-order valence-electron chi connectivity index (χ0n) is 33.9. The molecule has 0 aliphatic heterocycles. The fourth-order valence-corrected chi connectivity index (χ4v) is 10.1. The van der Waals surface area contributed by atoms with Crippen LogP contribution in [0.25, 0.3) is 94.5 Å². The zero-order valence-corrected chi connectivity index (χ0v) is 33.9. The summed E-state index contributed by atoms with van der Waals surface area (Å²) in [4.78, 5) is 10.8. The Morgan fingerprint density at radius 2 is 1.08 bits per heavy atom. The molecule has 286 valence electrons. The van der Waals surface area contributed by atoms with Crippen molar-refractivity contribution >= 4 is 49.2 Å². The number of para-hydroxylation sites is 1. The Morgan fingerprint density at radius 3 is 1.77 bits per heavy atom. The lowest BCUT2D eigenvalue weighted by atomic mass is 9.78. The summed E-state index contributed by atoms with van der Waals surface area (Å²) in [5.41, 5.74) is 18.9. The highest BCUT2D eigenvalue weighted by atomic mass is 15.2. The smallest absolute Gasteiger partial charge is 0.235 e. The average Bonchev–Trinajstić information content (AvgIpc) is 3.88. The monoisotopic (exact) mass is 770 g/mol. The topological polar surface area (TPSA) is 35.6 Å². The molecule has 0 saturated heterocycles.